The fourth-order valence-corrected chi connectivity index (χ4v) is 3.82. The molecule has 27 heavy (non-hydrogen) atoms. The van der Waals surface area contributed by atoms with Gasteiger partial charge in [-0.25, -0.2) is 0 Å². The normalized spacial score (nSPS) is 19.5. The van der Waals surface area contributed by atoms with Crippen molar-refractivity contribution in [3.05, 3.63) is 59.7 Å². The summed E-state index contributed by atoms with van der Waals surface area (Å²) in [5, 5.41) is 3.03. The summed E-state index contributed by atoms with van der Waals surface area (Å²) in [7, 11) is 0. The zero-order chi connectivity index (χ0) is 18.5. The third kappa shape index (κ3) is 4.42. The lowest BCUT2D eigenvalue weighted by atomic mass is 10.0. The molecule has 1 fully saturated rings. The maximum absolute atomic E-state index is 12.4. The lowest BCUT2D eigenvalue weighted by Gasteiger charge is -2.25. The van der Waals surface area contributed by atoms with Crippen LogP contribution in [-0.2, 0) is 11.3 Å². The van der Waals surface area contributed by atoms with E-state index in [0.29, 0.717) is 26.3 Å². The third-order valence-corrected chi connectivity index (χ3v) is 5.20. The van der Waals surface area contributed by atoms with Crippen molar-refractivity contribution in [2.45, 2.75) is 31.8 Å². The molecule has 142 valence electrons. The van der Waals surface area contributed by atoms with Gasteiger partial charge in [0.05, 0.1) is 19.8 Å². The number of amides is 1. The summed E-state index contributed by atoms with van der Waals surface area (Å²) < 4.78 is 11.6. The summed E-state index contributed by atoms with van der Waals surface area (Å²) in [5.41, 5.74) is 2.32. The van der Waals surface area contributed by atoms with Crippen LogP contribution in [0.5, 0.6) is 11.5 Å². The summed E-state index contributed by atoms with van der Waals surface area (Å²) in [6.07, 6.45) is 3.07. The van der Waals surface area contributed by atoms with E-state index in [4.69, 9.17) is 9.47 Å². The SMILES string of the molecule is O=C(CN1CCCC1c1ccc2c(c1)OCCCO2)NCc1ccccc1. The fraction of sp³-hybridized carbons (Fsp3) is 0.409. The predicted octanol–water partition coefficient (Wildman–Crippen LogP) is 3.30. The number of nitrogens with zero attached hydrogens (tertiary/aromatic N) is 1. The van der Waals surface area contributed by atoms with E-state index in [9.17, 15) is 4.79 Å². The number of carbonyl (C=O) groups is 1. The van der Waals surface area contributed by atoms with Crippen molar-refractivity contribution in [3.8, 4) is 11.5 Å². The molecule has 0 radical (unpaired) electrons. The molecule has 5 heteroatoms. The van der Waals surface area contributed by atoms with Gasteiger partial charge in [-0.05, 0) is 42.6 Å². The van der Waals surface area contributed by atoms with Crippen LogP contribution < -0.4 is 14.8 Å². The van der Waals surface area contributed by atoms with Crippen LogP contribution in [0.1, 0.15) is 36.4 Å². The van der Waals surface area contributed by atoms with Crippen molar-refractivity contribution < 1.29 is 14.3 Å². The molecule has 0 aromatic heterocycles. The smallest absolute Gasteiger partial charge is 0.234 e. The van der Waals surface area contributed by atoms with Gasteiger partial charge in [0, 0.05) is 19.0 Å². The van der Waals surface area contributed by atoms with Crippen molar-refractivity contribution in [2.24, 2.45) is 0 Å². The van der Waals surface area contributed by atoms with Gasteiger partial charge in [0.25, 0.3) is 0 Å². The average Bonchev–Trinajstić information content (AvgIpc) is 3.02. The zero-order valence-electron chi connectivity index (χ0n) is 15.5. The van der Waals surface area contributed by atoms with Crippen molar-refractivity contribution in [3.63, 3.8) is 0 Å². The number of carbonyl (C=O) groups excluding carboxylic acids is 1. The zero-order valence-corrected chi connectivity index (χ0v) is 15.5. The minimum absolute atomic E-state index is 0.0695. The molecule has 2 aliphatic rings. The largest absolute Gasteiger partial charge is 0.490 e. The maximum Gasteiger partial charge on any atom is 0.234 e. The molecule has 1 amide bonds. The molecule has 1 saturated heterocycles. The highest BCUT2D eigenvalue weighted by Crippen LogP contribution is 2.37. The highest BCUT2D eigenvalue weighted by Gasteiger charge is 2.28. The molecule has 0 bridgehead atoms. The molecule has 2 aliphatic heterocycles. The van der Waals surface area contributed by atoms with Gasteiger partial charge >= 0.3 is 0 Å². The van der Waals surface area contributed by atoms with Gasteiger partial charge in [-0.15, -0.1) is 0 Å². The Morgan fingerprint density at radius 3 is 2.70 bits per heavy atom. The Kier molecular flexibility index (Phi) is 5.58. The van der Waals surface area contributed by atoms with E-state index in [1.807, 2.05) is 36.4 Å². The average molecular weight is 366 g/mol. The minimum Gasteiger partial charge on any atom is -0.490 e. The number of ether oxygens (including phenoxy) is 2. The molecule has 2 aromatic rings. The molecule has 1 unspecified atom stereocenters. The molecule has 2 aromatic carbocycles. The van der Waals surface area contributed by atoms with Gasteiger partial charge in [-0.1, -0.05) is 36.4 Å². The van der Waals surface area contributed by atoms with Gasteiger partial charge in [0.2, 0.25) is 5.91 Å². The monoisotopic (exact) mass is 366 g/mol. The first-order valence-electron chi connectivity index (χ1n) is 9.74. The standard InChI is InChI=1S/C22H26N2O3/c25-22(23-15-17-6-2-1-3-7-17)16-24-11-4-8-19(24)18-9-10-20-21(14-18)27-13-5-12-26-20/h1-3,6-7,9-10,14,19H,4-5,8,11-13,15-16H2,(H,23,25). The predicted molar refractivity (Wildman–Crippen MR) is 104 cm³/mol. The Morgan fingerprint density at radius 2 is 1.85 bits per heavy atom. The summed E-state index contributed by atoms with van der Waals surface area (Å²) >= 11 is 0. The molecule has 0 saturated carbocycles. The molecule has 0 spiro atoms. The summed E-state index contributed by atoms with van der Waals surface area (Å²) in [4.78, 5) is 14.7. The third-order valence-electron chi connectivity index (χ3n) is 5.20. The first-order valence-corrected chi connectivity index (χ1v) is 9.74. The van der Waals surface area contributed by atoms with Crippen LogP contribution in [0.3, 0.4) is 0 Å². The Labute approximate surface area is 160 Å². The molecular weight excluding hydrogens is 340 g/mol. The first-order chi connectivity index (χ1) is 13.3. The highest BCUT2D eigenvalue weighted by molar-refractivity contribution is 5.78. The molecular formula is C22H26N2O3. The molecule has 4 rings (SSSR count). The second-order valence-electron chi connectivity index (χ2n) is 7.15. The number of nitrogens with one attached hydrogen (secondary N) is 1. The minimum atomic E-state index is 0.0695. The summed E-state index contributed by atoms with van der Waals surface area (Å²) in [5.74, 6) is 1.71. The fourth-order valence-electron chi connectivity index (χ4n) is 3.82. The van der Waals surface area contributed by atoms with Gasteiger partial charge in [-0.2, -0.15) is 0 Å². The van der Waals surface area contributed by atoms with Crippen LogP contribution in [0, 0.1) is 0 Å². The number of hydrogen-bond acceptors (Lipinski definition) is 4. The Hall–Kier alpha value is -2.53. The quantitative estimate of drug-likeness (QED) is 0.882. The Balaban J connectivity index is 1.38. The lowest BCUT2D eigenvalue weighted by molar-refractivity contribution is -0.122. The second-order valence-corrected chi connectivity index (χ2v) is 7.15. The summed E-state index contributed by atoms with van der Waals surface area (Å²) in [6, 6.07) is 16.5. The van der Waals surface area contributed by atoms with Gasteiger partial charge in [0.1, 0.15) is 0 Å². The van der Waals surface area contributed by atoms with Gasteiger partial charge < -0.3 is 14.8 Å². The Morgan fingerprint density at radius 1 is 1.04 bits per heavy atom. The van der Waals surface area contributed by atoms with Crippen molar-refractivity contribution in [1.29, 1.82) is 0 Å². The second kappa shape index (κ2) is 8.44. The van der Waals surface area contributed by atoms with Gasteiger partial charge in [0.15, 0.2) is 11.5 Å². The molecule has 1 atom stereocenters. The van der Waals surface area contributed by atoms with E-state index < -0.39 is 0 Å². The van der Waals surface area contributed by atoms with E-state index >= 15 is 0 Å². The number of benzene rings is 2. The molecule has 5 nitrogen and oxygen atoms in total. The topological polar surface area (TPSA) is 50.8 Å². The number of fused-ring (bicyclic) bond motifs is 1. The van der Waals surface area contributed by atoms with Crippen LogP contribution in [0.25, 0.3) is 0 Å². The highest BCUT2D eigenvalue weighted by atomic mass is 16.5. The molecule has 2 heterocycles. The molecule has 0 aliphatic carbocycles. The van der Waals surface area contributed by atoms with Crippen LogP contribution >= 0.6 is 0 Å². The van der Waals surface area contributed by atoms with Crippen LogP contribution in [0.4, 0.5) is 0 Å². The first kappa shape index (κ1) is 17.9. The molecule has 1 N–H and O–H groups in total. The number of rotatable bonds is 5. The summed E-state index contributed by atoms with van der Waals surface area (Å²) in [6.45, 7) is 3.32. The van der Waals surface area contributed by atoms with Crippen LogP contribution in [-0.4, -0.2) is 37.1 Å². The Bertz CT molecular complexity index is 778. The van der Waals surface area contributed by atoms with E-state index in [0.717, 1.165) is 42.9 Å². The van der Waals surface area contributed by atoms with Gasteiger partial charge in [-0.3, -0.25) is 9.69 Å². The number of likely N-dealkylation sites (tertiary alicyclic amines) is 1. The van der Waals surface area contributed by atoms with E-state index in [1.165, 1.54) is 5.56 Å². The maximum atomic E-state index is 12.4. The van der Waals surface area contributed by atoms with Crippen molar-refractivity contribution in [1.82, 2.24) is 10.2 Å². The van der Waals surface area contributed by atoms with Crippen molar-refractivity contribution in [2.75, 3.05) is 26.3 Å². The lowest BCUT2D eigenvalue weighted by Crippen LogP contribution is -2.36. The van der Waals surface area contributed by atoms with Crippen LogP contribution in [0.15, 0.2) is 48.5 Å². The number of hydrogen-bond donors (Lipinski definition) is 1. The van der Waals surface area contributed by atoms with E-state index in [2.05, 4.69) is 22.3 Å². The van der Waals surface area contributed by atoms with E-state index in [-0.39, 0.29) is 11.9 Å². The van der Waals surface area contributed by atoms with E-state index in [1.54, 1.807) is 0 Å². The van der Waals surface area contributed by atoms with Crippen molar-refractivity contribution >= 4 is 5.91 Å². The van der Waals surface area contributed by atoms with Crippen LogP contribution in [0.2, 0.25) is 0 Å².